The van der Waals surface area contributed by atoms with Crippen molar-refractivity contribution in [2.45, 2.75) is 44.0 Å². The first kappa shape index (κ1) is 19.9. The van der Waals surface area contributed by atoms with E-state index in [-0.39, 0.29) is 18.4 Å². The van der Waals surface area contributed by atoms with Crippen LogP contribution in [0.4, 0.5) is 0 Å². The molecule has 1 fully saturated rings. The average Bonchev–Trinajstić information content (AvgIpc) is 2.48. The summed E-state index contributed by atoms with van der Waals surface area (Å²) in [6.07, 6.45) is 2.59. The summed E-state index contributed by atoms with van der Waals surface area (Å²) in [5.41, 5.74) is 0.785. The van der Waals surface area contributed by atoms with E-state index in [1.807, 2.05) is 19.9 Å². The van der Waals surface area contributed by atoms with Crippen LogP contribution in [0.1, 0.15) is 31.7 Å². The molecule has 126 valence electrons. The van der Waals surface area contributed by atoms with Crippen molar-refractivity contribution in [3.05, 3.63) is 28.2 Å². The van der Waals surface area contributed by atoms with Gasteiger partial charge >= 0.3 is 0 Å². The lowest BCUT2D eigenvalue weighted by molar-refractivity contribution is 0.262. The number of sulfonamides is 1. The van der Waals surface area contributed by atoms with E-state index in [2.05, 4.69) is 21.2 Å². The number of piperidine rings is 1. The second kappa shape index (κ2) is 8.64. The Balaban J connectivity index is 0.00000242. The average molecular weight is 412 g/mol. The molecule has 22 heavy (non-hydrogen) atoms. The molecule has 1 saturated heterocycles. The number of nitrogens with zero attached hydrogens (tertiary/aromatic N) is 1. The summed E-state index contributed by atoms with van der Waals surface area (Å²) in [6.45, 7) is 6.23. The zero-order chi connectivity index (χ0) is 15.5. The van der Waals surface area contributed by atoms with Crippen molar-refractivity contribution in [2.24, 2.45) is 0 Å². The molecule has 4 nitrogen and oxygen atoms in total. The third-order valence-electron chi connectivity index (χ3n) is 3.96. The van der Waals surface area contributed by atoms with Gasteiger partial charge in [0.05, 0.1) is 4.90 Å². The van der Waals surface area contributed by atoms with Gasteiger partial charge in [-0.2, -0.15) is 4.31 Å². The number of hydrogen-bond acceptors (Lipinski definition) is 3. The van der Waals surface area contributed by atoms with Gasteiger partial charge in [0.1, 0.15) is 0 Å². The van der Waals surface area contributed by atoms with E-state index in [0.717, 1.165) is 42.4 Å². The SMILES string of the molecule is CCCN(C1CCNCC1)S(=O)(=O)c1cccc(Br)c1C.Cl. The van der Waals surface area contributed by atoms with Crippen LogP contribution >= 0.6 is 28.3 Å². The molecule has 1 heterocycles. The molecule has 0 aliphatic carbocycles. The van der Waals surface area contributed by atoms with E-state index >= 15 is 0 Å². The molecular weight excluding hydrogens is 388 g/mol. The van der Waals surface area contributed by atoms with E-state index in [9.17, 15) is 8.42 Å². The Morgan fingerprint density at radius 2 is 1.95 bits per heavy atom. The topological polar surface area (TPSA) is 49.4 Å². The molecule has 1 aromatic carbocycles. The molecule has 0 saturated carbocycles. The van der Waals surface area contributed by atoms with Gasteiger partial charge in [0.25, 0.3) is 0 Å². The lowest BCUT2D eigenvalue weighted by Crippen LogP contribution is -2.46. The van der Waals surface area contributed by atoms with Crippen molar-refractivity contribution < 1.29 is 8.42 Å². The number of rotatable bonds is 5. The highest BCUT2D eigenvalue weighted by Gasteiger charge is 2.32. The highest BCUT2D eigenvalue weighted by atomic mass is 79.9. The van der Waals surface area contributed by atoms with Crippen molar-refractivity contribution >= 4 is 38.4 Å². The number of benzene rings is 1. The molecule has 1 aliphatic rings. The first-order valence-electron chi connectivity index (χ1n) is 7.46. The molecule has 2 rings (SSSR count). The van der Waals surface area contributed by atoms with Crippen molar-refractivity contribution in [1.82, 2.24) is 9.62 Å². The third-order valence-corrected chi connectivity index (χ3v) is 6.92. The van der Waals surface area contributed by atoms with Gasteiger partial charge in [0, 0.05) is 17.1 Å². The highest BCUT2D eigenvalue weighted by molar-refractivity contribution is 9.10. The Morgan fingerprint density at radius 1 is 1.32 bits per heavy atom. The summed E-state index contributed by atoms with van der Waals surface area (Å²) < 4.78 is 28.7. The maximum absolute atomic E-state index is 13.1. The summed E-state index contributed by atoms with van der Waals surface area (Å²) in [7, 11) is -3.44. The maximum Gasteiger partial charge on any atom is 0.243 e. The zero-order valence-electron chi connectivity index (χ0n) is 13.0. The predicted molar refractivity (Wildman–Crippen MR) is 96.2 cm³/mol. The minimum atomic E-state index is -3.44. The molecule has 0 radical (unpaired) electrons. The Hall–Kier alpha value is -0.140. The van der Waals surface area contributed by atoms with Gasteiger partial charge < -0.3 is 5.32 Å². The molecule has 0 aromatic heterocycles. The molecule has 0 unspecified atom stereocenters. The van der Waals surface area contributed by atoms with E-state index in [0.29, 0.717) is 11.4 Å². The monoisotopic (exact) mass is 410 g/mol. The molecule has 1 N–H and O–H groups in total. The first-order chi connectivity index (χ1) is 9.98. The molecule has 0 amide bonds. The van der Waals surface area contributed by atoms with Gasteiger partial charge in [0.2, 0.25) is 10.0 Å². The molecule has 7 heteroatoms. The van der Waals surface area contributed by atoms with Crippen molar-refractivity contribution in [3.8, 4) is 0 Å². The van der Waals surface area contributed by atoms with E-state index in [1.54, 1.807) is 16.4 Å². The molecule has 0 spiro atoms. The van der Waals surface area contributed by atoms with Gasteiger partial charge in [-0.3, -0.25) is 0 Å². The fourth-order valence-electron chi connectivity index (χ4n) is 2.81. The van der Waals surface area contributed by atoms with Crippen LogP contribution in [0.25, 0.3) is 0 Å². The van der Waals surface area contributed by atoms with Crippen LogP contribution in [-0.2, 0) is 10.0 Å². The van der Waals surface area contributed by atoms with Crippen LogP contribution < -0.4 is 5.32 Å². The second-order valence-corrected chi connectivity index (χ2v) is 8.17. The molecule has 1 aromatic rings. The van der Waals surface area contributed by atoms with Gasteiger partial charge in [-0.25, -0.2) is 8.42 Å². The summed E-state index contributed by atoms with van der Waals surface area (Å²) in [4.78, 5) is 0.420. The minimum Gasteiger partial charge on any atom is -0.317 e. The van der Waals surface area contributed by atoms with Crippen molar-refractivity contribution in [1.29, 1.82) is 0 Å². The molecule has 0 bridgehead atoms. The Morgan fingerprint density at radius 3 is 2.55 bits per heavy atom. The molecular formula is C15H24BrClN2O2S. The quantitative estimate of drug-likeness (QED) is 0.808. The van der Waals surface area contributed by atoms with Gasteiger partial charge in [-0.05, 0) is 57.0 Å². The predicted octanol–water partition coefficient (Wildman–Crippen LogP) is 3.33. The molecule has 0 atom stereocenters. The molecule has 1 aliphatic heterocycles. The third kappa shape index (κ3) is 4.23. The van der Waals surface area contributed by atoms with Crippen molar-refractivity contribution in [3.63, 3.8) is 0 Å². The summed E-state index contributed by atoms with van der Waals surface area (Å²) >= 11 is 3.43. The van der Waals surface area contributed by atoms with Gasteiger partial charge in [-0.15, -0.1) is 12.4 Å². The summed E-state index contributed by atoms with van der Waals surface area (Å²) in [5, 5.41) is 3.29. The number of hydrogen-bond donors (Lipinski definition) is 1. The smallest absolute Gasteiger partial charge is 0.243 e. The lowest BCUT2D eigenvalue weighted by atomic mass is 10.1. The Bertz CT molecular complexity index is 589. The maximum atomic E-state index is 13.1. The Labute approximate surface area is 148 Å². The van der Waals surface area contributed by atoms with E-state index in [4.69, 9.17) is 0 Å². The number of nitrogens with one attached hydrogen (secondary N) is 1. The van der Waals surface area contributed by atoms with Crippen LogP contribution in [0, 0.1) is 6.92 Å². The van der Waals surface area contributed by atoms with E-state index < -0.39 is 10.0 Å². The van der Waals surface area contributed by atoms with Gasteiger partial charge in [0.15, 0.2) is 0 Å². The van der Waals surface area contributed by atoms with Crippen LogP contribution in [-0.4, -0.2) is 38.4 Å². The standard InChI is InChI=1S/C15H23BrN2O2S.ClH/c1-3-11-18(13-7-9-17-10-8-13)21(19,20)15-6-4-5-14(16)12(15)2;/h4-6,13,17H,3,7-11H2,1-2H3;1H. The summed E-state index contributed by atoms with van der Waals surface area (Å²) in [6, 6.07) is 5.48. The fraction of sp³-hybridized carbons (Fsp3) is 0.600. The summed E-state index contributed by atoms with van der Waals surface area (Å²) in [5.74, 6) is 0. The van der Waals surface area contributed by atoms with E-state index in [1.165, 1.54) is 0 Å². The minimum absolute atomic E-state index is 0. The van der Waals surface area contributed by atoms with Gasteiger partial charge in [-0.1, -0.05) is 28.9 Å². The highest BCUT2D eigenvalue weighted by Crippen LogP contribution is 2.28. The number of halogens is 2. The largest absolute Gasteiger partial charge is 0.317 e. The zero-order valence-corrected chi connectivity index (χ0v) is 16.2. The Kier molecular flexibility index (Phi) is 7.82. The van der Waals surface area contributed by atoms with Crippen LogP contribution in [0.2, 0.25) is 0 Å². The first-order valence-corrected chi connectivity index (χ1v) is 9.69. The van der Waals surface area contributed by atoms with Crippen LogP contribution in [0.3, 0.4) is 0 Å². The normalized spacial score (nSPS) is 16.5. The van der Waals surface area contributed by atoms with Crippen molar-refractivity contribution in [2.75, 3.05) is 19.6 Å². The fourth-order valence-corrected chi connectivity index (χ4v) is 5.33. The van der Waals surface area contributed by atoms with Crippen LogP contribution in [0.15, 0.2) is 27.6 Å². The second-order valence-electron chi connectivity index (χ2n) is 5.46. The van der Waals surface area contributed by atoms with Crippen LogP contribution in [0.5, 0.6) is 0 Å². The lowest BCUT2D eigenvalue weighted by Gasteiger charge is -2.34.